The highest BCUT2D eigenvalue weighted by Crippen LogP contribution is 2.30. The second-order valence-corrected chi connectivity index (χ2v) is 10.7. The second-order valence-electron chi connectivity index (χ2n) is 10.7. The molecule has 3 heterocycles. The molecule has 4 aliphatic rings. The fourth-order valence-corrected chi connectivity index (χ4v) is 6.29. The molecular formula is C25H46N4O2. The SMILES string of the molecule is CCC(=O)C1CCC(COCN2CCC(N3CCC(N4CCN(C)CC4)C3)CC2)CC1. The third-order valence-corrected chi connectivity index (χ3v) is 8.60. The van der Waals surface area contributed by atoms with Gasteiger partial charge in [0.25, 0.3) is 0 Å². The van der Waals surface area contributed by atoms with Crippen LogP contribution in [0.1, 0.15) is 58.3 Å². The molecule has 3 saturated heterocycles. The Kier molecular flexibility index (Phi) is 8.80. The van der Waals surface area contributed by atoms with E-state index in [0.717, 1.165) is 38.3 Å². The van der Waals surface area contributed by atoms with Crippen LogP contribution < -0.4 is 0 Å². The van der Waals surface area contributed by atoms with Crippen LogP contribution in [0.5, 0.6) is 0 Å². The molecule has 0 spiro atoms. The molecule has 1 aliphatic carbocycles. The van der Waals surface area contributed by atoms with Gasteiger partial charge >= 0.3 is 0 Å². The van der Waals surface area contributed by atoms with Crippen LogP contribution in [0.3, 0.4) is 0 Å². The first-order chi connectivity index (χ1) is 15.1. The lowest BCUT2D eigenvalue weighted by atomic mass is 9.80. The Balaban J connectivity index is 1.08. The van der Waals surface area contributed by atoms with Crippen LogP contribution in [0.4, 0.5) is 0 Å². The normalized spacial score (nSPS) is 33.2. The van der Waals surface area contributed by atoms with Crippen molar-refractivity contribution in [1.29, 1.82) is 0 Å². The summed E-state index contributed by atoms with van der Waals surface area (Å²) in [6.45, 7) is 13.6. The molecule has 4 rings (SSSR count). The predicted molar refractivity (Wildman–Crippen MR) is 125 cm³/mol. The molecule has 0 bridgehead atoms. The fourth-order valence-electron chi connectivity index (χ4n) is 6.29. The highest BCUT2D eigenvalue weighted by molar-refractivity contribution is 5.80. The van der Waals surface area contributed by atoms with Crippen molar-refractivity contribution in [2.24, 2.45) is 11.8 Å². The van der Waals surface area contributed by atoms with E-state index in [9.17, 15) is 4.79 Å². The molecule has 3 aliphatic heterocycles. The van der Waals surface area contributed by atoms with E-state index in [1.807, 2.05) is 6.92 Å². The second kappa shape index (κ2) is 11.6. The molecule has 0 aromatic carbocycles. The monoisotopic (exact) mass is 434 g/mol. The molecule has 0 aromatic rings. The quantitative estimate of drug-likeness (QED) is 0.585. The van der Waals surface area contributed by atoms with Crippen LogP contribution in [-0.2, 0) is 9.53 Å². The summed E-state index contributed by atoms with van der Waals surface area (Å²) in [6.07, 6.45) is 9.15. The van der Waals surface area contributed by atoms with Crippen LogP contribution >= 0.6 is 0 Å². The maximum absolute atomic E-state index is 11.9. The number of ketones is 1. The van der Waals surface area contributed by atoms with Crippen molar-refractivity contribution in [2.75, 3.05) is 72.7 Å². The topological polar surface area (TPSA) is 39.3 Å². The molecule has 31 heavy (non-hydrogen) atoms. The van der Waals surface area contributed by atoms with Gasteiger partial charge in [-0.1, -0.05) is 6.92 Å². The summed E-state index contributed by atoms with van der Waals surface area (Å²) in [6, 6.07) is 1.57. The van der Waals surface area contributed by atoms with Crippen molar-refractivity contribution in [3.05, 3.63) is 0 Å². The first kappa shape index (κ1) is 23.6. The summed E-state index contributed by atoms with van der Waals surface area (Å²) in [7, 11) is 2.25. The molecule has 0 radical (unpaired) electrons. The number of likely N-dealkylation sites (tertiary alicyclic amines) is 2. The lowest BCUT2D eigenvalue weighted by Gasteiger charge is -2.38. The summed E-state index contributed by atoms with van der Waals surface area (Å²) in [4.78, 5) is 22.4. The number of carbonyl (C=O) groups excluding carboxylic acids is 1. The van der Waals surface area contributed by atoms with E-state index >= 15 is 0 Å². The number of piperazine rings is 1. The number of nitrogens with zero attached hydrogens (tertiary/aromatic N) is 4. The number of hydrogen-bond acceptors (Lipinski definition) is 6. The summed E-state index contributed by atoms with van der Waals surface area (Å²) in [5.41, 5.74) is 0. The third-order valence-electron chi connectivity index (χ3n) is 8.60. The van der Waals surface area contributed by atoms with E-state index in [0.29, 0.717) is 24.0 Å². The zero-order valence-corrected chi connectivity index (χ0v) is 20.1. The molecule has 1 saturated carbocycles. The molecule has 4 fully saturated rings. The first-order valence-electron chi connectivity index (χ1n) is 13.1. The number of carbonyl (C=O) groups is 1. The van der Waals surface area contributed by atoms with Crippen molar-refractivity contribution < 1.29 is 9.53 Å². The van der Waals surface area contributed by atoms with Crippen molar-refractivity contribution >= 4 is 5.78 Å². The van der Waals surface area contributed by atoms with Crippen molar-refractivity contribution in [3.63, 3.8) is 0 Å². The maximum Gasteiger partial charge on any atom is 0.135 e. The van der Waals surface area contributed by atoms with E-state index in [2.05, 4.69) is 26.6 Å². The molecule has 1 unspecified atom stereocenters. The Morgan fingerprint density at radius 3 is 2.16 bits per heavy atom. The highest BCUT2D eigenvalue weighted by Gasteiger charge is 2.34. The van der Waals surface area contributed by atoms with Crippen LogP contribution in [0.2, 0.25) is 0 Å². The molecule has 0 aromatic heterocycles. The van der Waals surface area contributed by atoms with Gasteiger partial charge in [0.2, 0.25) is 0 Å². The highest BCUT2D eigenvalue weighted by atomic mass is 16.5. The number of rotatable bonds is 8. The largest absolute Gasteiger partial charge is 0.366 e. The Morgan fingerprint density at radius 1 is 0.806 bits per heavy atom. The van der Waals surface area contributed by atoms with Gasteiger partial charge in [-0.15, -0.1) is 0 Å². The average Bonchev–Trinajstić information content (AvgIpc) is 3.30. The minimum Gasteiger partial charge on any atom is -0.366 e. The average molecular weight is 435 g/mol. The summed E-state index contributed by atoms with van der Waals surface area (Å²) < 4.78 is 6.12. The van der Waals surface area contributed by atoms with E-state index in [1.165, 1.54) is 84.5 Å². The van der Waals surface area contributed by atoms with E-state index in [-0.39, 0.29) is 0 Å². The first-order valence-corrected chi connectivity index (χ1v) is 13.1. The molecule has 178 valence electrons. The van der Waals surface area contributed by atoms with E-state index < -0.39 is 0 Å². The van der Waals surface area contributed by atoms with Gasteiger partial charge < -0.3 is 9.64 Å². The van der Waals surface area contributed by atoms with Crippen molar-refractivity contribution in [3.8, 4) is 0 Å². The van der Waals surface area contributed by atoms with Crippen LogP contribution in [0.25, 0.3) is 0 Å². The van der Waals surface area contributed by atoms with Gasteiger partial charge in [-0.05, 0) is 57.9 Å². The smallest absolute Gasteiger partial charge is 0.135 e. The van der Waals surface area contributed by atoms with Gasteiger partial charge in [0.05, 0.1) is 13.3 Å². The Hall–Kier alpha value is -0.530. The number of Topliss-reactive ketones (excluding diaryl/α,β-unsaturated/α-hetero) is 1. The minimum atomic E-state index is 0.335. The van der Waals surface area contributed by atoms with Gasteiger partial charge in [0.15, 0.2) is 0 Å². The van der Waals surface area contributed by atoms with Crippen LogP contribution in [0.15, 0.2) is 0 Å². The summed E-state index contributed by atoms with van der Waals surface area (Å²) >= 11 is 0. The molecule has 0 N–H and O–H groups in total. The molecular weight excluding hydrogens is 388 g/mol. The molecule has 1 atom stereocenters. The van der Waals surface area contributed by atoms with E-state index in [4.69, 9.17) is 4.74 Å². The zero-order valence-electron chi connectivity index (χ0n) is 20.1. The number of likely N-dealkylation sites (N-methyl/N-ethyl adjacent to an activating group) is 1. The molecule has 6 nitrogen and oxygen atoms in total. The number of hydrogen-bond donors (Lipinski definition) is 0. The Bertz CT molecular complexity index is 550. The standard InChI is InChI=1S/C25H46N4O2/c1-3-25(30)22-6-4-21(5-7-22)19-31-20-27-11-8-23(9-12-27)29-13-10-24(18-29)28-16-14-26(2)15-17-28/h21-24H,3-20H2,1-2H3. The predicted octanol–water partition coefficient (Wildman–Crippen LogP) is 2.53. The zero-order chi connectivity index (χ0) is 21.6. The maximum atomic E-state index is 11.9. The third kappa shape index (κ3) is 6.50. The lowest BCUT2D eigenvalue weighted by molar-refractivity contribution is -0.124. The lowest BCUT2D eigenvalue weighted by Crippen LogP contribution is -2.50. The molecule has 0 amide bonds. The number of ether oxygens (including phenoxy) is 1. The Labute approximate surface area is 190 Å². The van der Waals surface area contributed by atoms with E-state index in [1.54, 1.807) is 0 Å². The summed E-state index contributed by atoms with van der Waals surface area (Å²) in [5.74, 6) is 1.46. The van der Waals surface area contributed by atoms with Gasteiger partial charge in [0, 0.05) is 76.8 Å². The van der Waals surface area contributed by atoms with Crippen LogP contribution in [-0.4, -0.2) is 110 Å². The van der Waals surface area contributed by atoms with Crippen molar-refractivity contribution in [1.82, 2.24) is 19.6 Å². The summed E-state index contributed by atoms with van der Waals surface area (Å²) in [5, 5.41) is 0. The minimum absolute atomic E-state index is 0.335. The van der Waals surface area contributed by atoms with Crippen LogP contribution in [0, 0.1) is 11.8 Å². The Morgan fingerprint density at radius 2 is 1.48 bits per heavy atom. The number of piperidine rings is 1. The van der Waals surface area contributed by atoms with Gasteiger partial charge in [-0.2, -0.15) is 0 Å². The van der Waals surface area contributed by atoms with Gasteiger partial charge in [-0.3, -0.25) is 19.5 Å². The fraction of sp³-hybridized carbons (Fsp3) is 0.960. The van der Waals surface area contributed by atoms with Gasteiger partial charge in [-0.25, -0.2) is 0 Å². The van der Waals surface area contributed by atoms with Crippen molar-refractivity contribution in [2.45, 2.75) is 70.4 Å². The molecule has 6 heteroatoms. The van der Waals surface area contributed by atoms with Gasteiger partial charge in [0.1, 0.15) is 5.78 Å².